The molecular weight excluding hydrogens is 1390 g/mol. The monoisotopic (exact) mass is 1500 g/mol. The molecule has 3 unspecified atom stereocenters. The number of likely N-dealkylation sites (tertiary alicyclic amines) is 2. The minimum atomic E-state index is -4.59. The molecule has 3 aliphatic carbocycles. The number of hydrogen-bond donors (Lipinski definition) is 3. The SMILES string of the molecule is CC[C@H](C)[C@@H]1NC(=O)[C@H](C)N(C)C(=O)C[C@@H](C(=O)N2CCCCC2)N(C)C(=O)[C@H](C(C)C)N(C)C(=O)C2(CCCC2)NC(=O)[C@@H](CC(=O)N2CCC(F)(F)CC2)N(C)C(=O)[C@H](CCC2CCC(C(F)(F)F)C(Cl)C2)NC(=O)CN(C)C(=O)[C@H](CC2CCCCC2)N(C)C(=O)CN(C)C(=O)CN(C)C1=O. The van der Waals surface area contributed by atoms with Gasteiger partial charge >= 0.3 is 6.18 Å². The van der Waals surface area contributed by atoms with Crippen LogP contribution in [0.4, 0.5) is 22.0 Å². The Balaban J connectivity index is 1.45. The van der Waals surface area contributed by atoms with Gasteiger partial charge in [-0.3, -0.25) is 62.3 Å². The molecule has 0 aromatic carbocycles. The zero-order valence-electron chi connectivity index (χ0n) is 63.3. The van der Waals surface area contributed by atoms with Crippen molar-refractivity contribution >= 4 is 88.4 Å². The van der Waals surface area contributed by atoms with Gasteiger partial charge in [0.25, 0.3) is 5.92 Å². The van der Waals surface area contributed by atoms with Crippen LogP contribution in [0.25, 0.3) is 0 Å². The number of hydrogen-bond acceptors (Lipinski definition) is 13. The van der Waals surface area contributed by atoms with Gasteiger partial charge in [-0.15, -0.1) is 11.6 Å². The van der Waals surface area contributed by atoms with Gasteiger partial charge in [0.1, 0.15) is 47.8 Å². The van der Waals surface area contributed by atoms with Crippen molar-refractivity contribution in [1.82, 2.24) is 64.9 Å². The van der Waals surface area contributed by atoms with E-state index < -0.39 is 224 Å². The summed E-state index contributed by atoms with van der Waals surface area (Å²) in [6.45, 7) is 6.18. The summed E-state index contributed by atoms with van der Waals surface area (Å²) in [6.07, 6.45) is -0.709. The lowest BCUT2D eigenvalue weighted by atomic mass is 9.78. The quantitative estimate of drug-likeness (QED) is 0.181. The number of carbonyl (C=O) groups excluding carboxylic acids is 13. The summed E-state index contributed by atoms with van der Waals surface area (Å²) in [5, 5.41) is 7.01. The second kappa shape index (κ2) is 37.5. The van der Waals surface area contributed by atoms with E-state index >= 15 is 19.2 Å². The predicted molar refractivity (Wildman–Crippen MR) is 376 cm³/mol. The standard InChI is InChI=1S/C72H115ClF5N13O13/c1-14-45(4)60-67(102)84(8)42-58(95)82(6)43-59(96)86(10)53(38-47-23-17-15-18-24-47)65(100)83(7)41-55(92)79-51(28-26-48-25-27-49(50(73)37-48)72(76,77)78)64(99)87(11)52(39-57(94)90-35-31-71(74,75)32-36-90)63(98)81-70(29-19-20-30-70)69(104)89(13)61(44(2)3)68(103)88(12)54(66(101)91-33-21-16-22-34-91)40-56(93)85(9)46(5)62(97)80-60/h44-54,60-61H,14-43H2,1-13H3,(H,79,92)(H,80,97)(H,81,98)/t45-,46-,48?,49?,50?,51-,52+,53-,54-,60-,61-/m0/s1. The van der Waals surface area contributed by atoms with E-state index in [2.05, 4.69) is 16.0 Å². The lowest BCUT2D eigenvalue weighted by Crippen LogP contribution is -2.65. The molecule has 3 heterocycles. The molecule has 6 fully saturated rings. The number of piperidine rings is 2. The number of amides is 13. The number of rotatable bonds is 11. The number of nitrogens with zero attached hydrogens (tertiary/aromatic N) is 10. The first-order valence-corrected chi connectivity index (χ1v) is 37.7. The van der Waals surface area contributed by atoms with Crippen LogP contribution in [0.15, 0.2) is 0 Å². The molecule has 3 saturated carbocycles. The number of alkyl halides is 6. The normalized spacial score (nSPS) is 29.2. The fourth-order valence-corrected chi connectivity index (χ4v) is 16.1. The van der Waals surface area contributed by atoms with Crippen LogP contribution in [-0.4, -0.2) is 293 Å². The Labute approximate surface area is 614 Å². The van der Waals surface area contributed by atoms with Gasteiger partial charge in [0, 0.05) is 101 Å². The van der Waals surface area contributed by atoms with E-state index in [9.17, 15) is 65.1 Å². The first-order valence-electron chi connectivity index (χ1n) is 37.3. The lowest BCUT2D eigenvalue weighted by molar-refractivity contribution is -0.182. The van der Waals surface area contributed by atoms with E-state index in [0.29, 0.717) is 45.2 Å². The van der Waals surface area contributed by atoms with Gasteiger partial charge in [-0.1, -0.05) is 79.1 Å². The van der Waals surface area contributed by atoms with E-state index in [4.69, 9.17) is 11.6 Å². The second-order valence-corrected chi connectivity index (χ2v) is 31.4. The number of carbonyl (C=O) groups is 13. The van der Waals surface area contributed by atoms with Crippen LogP contribution >= 0.6 is 11.6 Å². The Bertz CT molecular complexity index is 3070. The van der Waals surface area contributed by atoms with E-state index in [-0.39, 0.29) is 57.3 Å². The maximum Gasteiger partial charge on any atom is 0.393 e. The van der Waals surface area contributed by atoms with Crippen LogP contribution in [-0.2, 0) is 62.3 Å². The van der Waals surface area contributed by atoms with Gasteiger partial charge in [-0.2, -0.15) is 13.2 Å². The molecule has 0 bridgehead atoms. The number of nitrogens with one attached hydrogen (secondary N) is 3. The van der Waals surface area contributed by atoms with Crippen molar-refractivity contribution < 1.29 is 84.3 Å². The minimum Gasteiger partial charge on any atom is -0.343 e. The van der Waals surface area contributed by atoms with Crippen LogP contribution in [0.2, 0.25) is 0 Å². The molecule has 1 spiro atoms. The molecule has 0 aromatic heterocycles. The minimum absolute atomic E-state index is 0.0101. The van der Waals surface area contributed by atoms with Crippen molar-refractivity contribution in [1.29, 1.82) is 0 Å². The lowest BCUT2D eigenvalue weighted by Gasteiger charge is -2.42. The van der Waals surface area contributed by atoms with Crippen molar-refractivity contribution in [3.8, 4) is 0 Å². The van der Waals surface area contributed by atoms with E-state index in [1.807, 2.05) is 0 Å². The largest absolute Gasteiger partial charge is 0.393 e. The number of likely N-dealkylation sites (N-methyl/N-ethyl adjacent to an activating group) is 8. The highest BCUT2D eigenvalue weighted by Gasteiger charge is 2.52. The third kappa shape index (κ3) is 22.1. The molecule has 13 amide bonds. The molecule has 0 aromatic rings. The third-order valence-electron chi connectivity index (χ3n) is 23.0. The average Bonchev–Trinajstić information content (AvgIpc) is 1.73. The van der Waals surface area contributed by atoms with Crippen molar-refractivity contribution in [3.05, 3.63) is 0 Å². The molecule has 3 aliphatic heterocycles. The second-order valence-electron chi connectivity index (χ2n) is 30.8. The molecule has 104 heavy (non-hydrogen) atoms. The van der Waals surface area contributed by atoms with Crippen LogP contribution < -0.4 is 16.0 Å². The summed E-state index contributed by atoms with van der Waals surface area (Å²) >= 11 is 6.40. The van der Waals surface area contributed by atoms with E-state index in [1.165, 1.54) is 68.2 Å². The maximum atomic E-state index is 15.6. The summed E-state index contributed by atoms with van der Waals surface area (Å²) < 4.78 is 71.5. The zero-order chi connectivity index (χ0) is 77.6. The van der Waals surface area contributed by atoms with Gasteiger partial charge in [-0.25, -0.2) is 8.78 Å². The fraction of sp³-hybridized carbons (Fsp3) is 0.819. The molecule has 6 rings (SSSR count). The van der Waals surface area contributed by atoms with Crippen molar-refractivity contribution in [2.75, 3.05) is 102 Å². The summed E-state index contributed by atoms with van der Waals surface area (Å²) in [5.74, 6) is -16.8. The van der Waals surface area contributed by atoms with Gasteiger partial charge in [-0.05, 0) is 101 Å². The topological polar surface area (TPSA) is 290 Å². The first kappa shape index (κ1) is 86.0. The number of halogens is 6. The molecular formula is C72H115ClF5N13O13. The van der Waals surface area contributed by atoms with Gasteiger partial charge in [0.15, 0.2) is 0 Å². The predicted octanol–water partition coefficient (Wildman–Crippen LogP) is 5.02. The fourth-order valence-electron chi connectivity index (χ4n) is 15.6. The Hall–Kier alpha value is -6.95. The van der Waals surface area contributed by atoms with Crippen LogP contribution in [0.5, 0.6) is 0 Å². The Kier molecular flexibility index (Phi) is 31.0. The highest BCUT2D eigenvalue weighted by atomic mass is 35.5. The molecule has 3 N–H and O–H groups in total. The van der Waals surface area contributed by atoms with Crippen molar-refractivity contribution in [3.63, 3.8) is 0 Å². The highest BCUT2D eigenvalue weighted by molar-refractivity contribution is 6.21. The molecule has 32 heteroatoms. The summed E-state index contributed by atoms with van der Waals surface area (Å²) in [5.41, 5.74) is -1.83. The summed E-state index contributed by atoms with van der Waals surface area (Å²) in [4.78, 5) is 204. The molecule has 588 valence electrons. The van der Waals surface area contributed by atoms with Crippen LogP contribution in [0.3, 0.4) is 0 Å². The van der Waals surface area contributed by atoms with Gasteiger partial charge in [0.05, 0.1) is 38.4 Å². The van der Waals surface area contributed by atoms with Crippen LogP contribution in [0.1, 0.15) is 182 Å². The van der Waals surface area contributed by atoms with Crippen LogP contribution in [0, 0.1) is 29.6 Å². The Morgan fingerprint density at radius 1 is 0.577 bits per heavy atom. The van der Waals surface area contributed by atoms with Gasteiger partial charge in [0.2, 0.25) is 76.8 Å². The Morgan fingerprint density at radius 3 is 1.74 bits per heavy atom. The molecule has 11 atom stereocenters. The highest BCUT2D eigenvalue weighted by Crippen LogP contribution is 2.44. The zero-order valence-corrected chi connectivity index (χ0v) is 64.0. The smallest absolute Gasteiger partial charge is 0.343 e. The Morgan fingerprint density at radius 2 is 1.16 bits per heavy atom. The van der Waals surface area contributed by atoms with E-state index in [1.54, 1.807) is 32.6 Å². The average molecular weight is 1500 g/mol. The molecule has 3 saturated heterocycles. The summed E-state index contributed by atoms with van der Waals surface area (Å²) in [6, 6.07) is -10.1. The molecule has 6 aliphatic rings. The molecule has 0 radical (unpaired) electrons. The summed E-state index contributed by atoms with van der Waals surface area (Å²) in [7, 11) is 10.6. The van der Waals surface area contributed by atoms with Gasteiger partial charge < -0.3 is 64.9 Å². The van der Waals surface area contributed by atoms with Crippen molar-refractivity contribution in [2.45, 2.75) is 248 Å². The third-order valence-corrected chi connectivity index (χ3v) is 23.5. The van der Waals surface area contributed by atoms with E-state index in [0.717, 1.165) is 77.7 Å². The molecule has 26 nitrogen and oxygen atoms in total. The first-order chi connectivity index (χ1) is 48.6. The van der Waals surface area contributed by atoms with Crippen molar-refractivity contribution in [2.24, 2.45) is 29.6 Å². The maximum absolute atomic E-state index is 15.6.